The molecule has 1 aromatic heterocycles. The van der Waals surface area contributed by atoms with Crippen LogP contribution in [0.2, 0.25) is 0 Å². The van der Waals surface area contributed by atoms with E-state index in [0.29, 0.717) is 5.69 Å². The Morgan fingerprint density at radius 3 is 3.08 bits per heavy atom. The summed E-state index contributed by atoms with van der Waals surface area (Å²) in [6.07, 6.45) is 2.67. The number of amides is 1. The van der Waals surface area contributed by atoms with E-state index in [1.807, 2.05) is 20.0 Å². The highest BCUT2D eigenvalue weighted by Gasteiger charge is 2.22. The topological polar surface area (TPSA) is 33.2 Å². The van der Waals surface area contributed by atoms with Crippen LogP contribution in [0.5, 0.6) is 0 Å². The minimum atomic E-state index is 0.0428. The predicted octanol–water partition coefficient (Wildman–Crippen LogP) is 1.02. The van der Waals surface area contributed by atoms with Crippen molar-refractivity contribution in [3.63, 3.8) is 0 Å². The lowest BCUT2D eigenvalue weighted by molar-refractivity contribution is 0.0774. The Labute approximate surface area is 77.4 Å². The number of hydrogen-bond donors (Lipinski definition) is 0. The van der Waals surface area contributed by atoms with Crippen LogP contribution in [0.4, 0.5) is 0 Å². The molecule has 13 heavy (non-hydrogen) atoms. The first-order valence-corrected chi connectivity index (χ1v) is 4.39. The molecule has 0 radical (unpaired) electrons. The molecule has 1 aromatic rings. The van der Waals surface area contributed by atoms with E-state index in [0.717, 1.165) is 24.1 Å². The molecule has 0 saturated heterocycles. The number of nitrogens with zero attached hydrogens (tertiary/aromatic N) is 2. The standard InChI is InChI=1S/C10H12N2O/c1-7-5-8-3-4-12(2)10(13)9(8)11-6-7/h5-6H,3-4H2,1-2H3. The summed E-state index contributed by atoms with van der Waals surface area (Å²) in [5.74, 6) is 0.0428. The van der Waals surface area contributed by atoms with Crippen LogP contribution in [0.25, 0.3) is 0 Å². The van der Waals surface area contributed by atoms with E-state index in [9.17, 15) is 4.79 Å². The molecule has 3 nitrogen and oxygen atoms in total. The first-order valence-electron chi connectivity index (χ1n) is 4.39. The van der Waals surface area contributed by atoms with Gasteiger partial charge in [0.05, 0.1) is 0 Å². The molecule has 0 N–H and O–H groups in total. The normalized spacial score (nSPS) is 15.8. The molecule has 0 saturated carbocycles. The van der Waals surface area contributed by atoms with E-state index in [2.05, 4.69) is 4.98 Å². The monoisotopic (exact) mass is 176 g/mol. The number of aryl methyl sites for hydroxylation is 1. The summed E-state index contributed by atoms with van der Waals surface area (Å²) in [5, 5.41) is 0. The molecule has 0 bridgehead atoms. The predicted molar refractivity (Wildman–Crippen MR) is 49.6 cm³/mol. The highest BCUT2D eigenvalue weighted by Crippen LogP contribution is 2.16. The van der Waals surface area contributed by atoms with E-state index in [1.54, 1.807) is 11.1 Å². The molecule has 68 valence electrons. The Morgan fingerprint density at radius 1 is 1.54 bits per heavy atom. The van der Waals surface area contributed by atoms with Gasteiger partial charge in [-0.2, -0.15) is 0 Å². The van der Waals surface area contributed by atoms with E-state index >= 15 is 0 Å². The second kappa shape index (κ2) is 2.83. The molecular formula is C10H12N2O. The number of aromatic nitrogens is 1. The zero-order valence-electron chi connectivity index (χ0n) is 7.87. The summed E-state index contributed by atoms with van der Waals surface area (Å²) in [4.78, 5) is 17.5. The molecule has 0 fully saturated rings. The average molecular weight is 176 g/mol. The minimum Gasteiger partial charge on any atom is -0.340 e. The van der Waals surface area contributed by atoms with Crippen LogP contribution in [0.3, 0.4) is 0 Å². The Balaban J connectivity index is 2.50. The van der Waals surface area contributed by atoms with E-state index in [4.69, 9.17) is 0 Å². The molecule has 2 rings (SSSR count). The molecule has 2 heterocycles. The van der Waals surface area contributed by atoms with Gasteiger partial charge in [-0.15, -0.1) is 0 Å². The van der Waals surface area contributed by atoms with Gasteiger partial charge in [0.25, 0.3) is 5.91 Å². The van der Waals surface area contributed by atoms with E-state index in [-0.39, 0.29) is 5.91 Å². The molecule has 1 aliphatic rings. The van der Waals surface area contributed by atoms with Gasteiger partial charge in [-0.3, -0.25) is 9.78 Å². The maximum absolute atomic E-state index is 11.6. The maximum Gasteiger partial charge on any atom is 0.272 e. The van der Waals surface area contributed by atoms with Gasteiger partial charge in [-0.1, -0.05) is 6.07 Å². The summed E-state index contributed by atoms with van der Waals surface area (Å²) in [6.45, 7) is 2.80. The average Bonchev–Trinajstić information content (AvgIpc) is 2.12. The number of pyridine rings is 1. The lowest BCUT2D eigenvalue weighted by Crippen LogP contribution is -2.34. The number of rotatable bonds is 0. The van der Waals surface area contributed by atoms with Gasteiger partial charge in [0.2, 0.25) is 0 Å². The van der Waals surface area contributed by atoms with Gasteiger partial charge in [-0.25, -0.2) is 0 Å². The fourth-order valence-electron chi connectivity index (χ4n) is 1.58. The molecule has 0 unspecified atom stereocenters. The quantitative estimate of drug-likeness (QED) is 0.591. The van der Waals surface area contributed by atoms with Crippen molar-refractivity contribution in [2.75, 3.05) is 13.6 Å². The van der Waals surface area contributed by atoms with Crippen LogP contribution in [0.1, 0.15) is 21.6 Å². The Bertz CT molecular complexity index is 360. The van der Waals surface area contributed by atoms with E-state index < -0.39 is 0 Å². The van der Waals surface area contributed by atoms with Gasteiger partial charge in [0.15, 0.2) is 0 Å². The maximum atomic E-state index is 11.6. The summed E-state index contributed by atoms with van der Waals surface area (Å²) in [7, 11) is 1.81. The SMILES string of the molecule is Cc1cnc2c(c1)CCN(C)C2=O. The Morgan fingerprint density at radius 2 is 2.31 bits per heavy atom. The van der Waals surface area contributed by atoms with Gasteiger partial charge >= 0.3 is 0 Å². The van der Waals surface area contributed by atoms with Crippen molar-refractivity contribution in [1.29, 1.82) is 0 Å². The van der Waals surface area contributed by atoms with Crippen molar-refractivity contribution in [2.45, 2.75) is 13.3 Å². The van der Waals surface area contributed by atoms with Crippen LogP contribution in [-0.2, 0) is 6.42 Å². The van der Waals surface area contributed by atoms with Crippen molar-refractivity contribution >= 4 is 5.91 Å². The second-order valence-electron chi connectivity index (χ2n) is 3.50. The lowest BCUT2D eigenvalue weighted by Gasteiger charge is -2.23. The molecule has 1 aliphatic heterocycles. The van der Waals surface area contributed by atoms with Crippen LogP contribution >= 0.6 is 0 Å². The van der Waals surface area contributed by atoms with Gasteiger partial charge in [-0.05, 0) is 24.5 Å². The summed E-state index contributed by atoms with van der Waals surface area (Å²) in [6, 6.07) is 2.05. The molecule has 0 aliphatic carbocycles. The van der Waals surface area contributed by atoms with Crippen molar-refractivity contribution in [2.24, 2.45) is 0 Å². The fraction of sp³-hybridized carbons (Fsp3) is 0.400. The van der Waals surface area contributed by atoms with Crippen LogP contribution < -0.4 is 0 Å². The summed E-state index contributed by atoms with van der Waals surface area (Å²) >= 11 is 0. The van der Waals surface area contributed by atoms with Crippen molar-refractivity contribution in [1.82, 2.24) is 9.88 Å². The van der Waals surface area contributed by atoms with E-state index in [1.165, 1.54) is 0 Å². The Hall–Kier alpha value is -1.38. The largest absolute Gasteiger partial charge is 0.340 e. The first-order chi connectivity index (χ1) is 6.18. The summed E-state index contributed by atoms with van der Waals surface area (Å²) in [5.41, 5.74) is 2.83. The van der Waals surface area contributed by atoms with Crippen molar-refractivity contribution in [3.8, 4) is 0 Å². The van der Waals surface area contributed by atoms with Crippen molar-refractivity contribution in [3.05, 3.63) is 29.1 Å². The number of carbonyl (C=O) groups is 1. The third kappa shape index (κ3) is 1.30. The molecule has 0 aromatic carbocycles. The first kappa shape index (κ1) is 8.23. The number of likely N-dealkylation sites (N-methyl/N-ethyl adjacent to an activating group) is 1. The highest BCUT2D eigenvalue weighted by atomic mass is 16.2. The third-order valence-electron chi connectivity index (χ3n) is 2.37. The smallest absolute Gasteiger partial charge is 0.272 e. The van der Waals surface area contributed by atoms with Crippen molar-refractivity contribution < 1.29 is 4.79 Å². The zero-order valence-corrected chi connectivity index (χ0v) is 7.87. The summed E-state index contributed by atoms with van der Waals surface area (Å²) < 4.78 is 0. The Kier molecular flexibility index (Phi) is 1.79. The third-order valence-corrected chi connectivity index (χ3v) is 2.37. The fourth-order valence-corrected chi connectivity index (χ4v) is 1.58. The molecule has 1 amide bonds. The lowest BCUT2D eigenvalue weighted by atomic mass is 10.0. The highest BCUT2D eigenvalue weighted by molar-refractivity contribution is 5.94. The molecule has 3 heteroatoms. The molecule has 0 spiro atoms. The van der Waals surface area contributed by atoms with Crippen LogP contribution in [-0.4, -0.2) is 29.4 Å². The number of carbonyl (C=O) groups excluding carboxylic acids is 1. The second-order valence-corrected chi connectivity index (χ2v) is 3.50. The molecular weight excluding hydrogens is 164 g/mol. The zero-order chi connectivity index (χ0) is 9.42. The van der Waals surface area contributed by atoms with Crippen LogP contribution in [0.15, 0.2) is 12.3 Å². The number of fused-ring (bicyclic) bond motifs is 1. The van der Waals surface area contributed by atoms with Gasteiger partial charge in [0, 0.05) is 19.8 Å². The minimum absolute atomic E-state index is 0.0428. The van der Waals surface area contributed by atoms with Gasteiger partial charge < -0.3 is 4.90 Å². The van der Waals surface area contributed by atoms with Crippen LogP contribution in [0, 0.1) is 6.92 Å². The molecule has 0 atom stereocenters. The number of hydrogen-bond acceptors (Lipinski definition) is 2. The van der Waals surface area contributed by atoms with Gasteiger partial charge in [0.1, 0.15) is 5.69 Å².